The Bertz CT molecular complexity index is 1700. The number of anilines is 1. The number of nitrogens with zero attached hydrogens (tertiary/aromatic N) is 4. The number of aryl methyl sites for hydroxylation is 2. The molecule has 2 aromatic carbocycles. The number of rotatable bonds is 7. The maximum absolute atomic E-state index is 12.9. The van der Waals surface area contributed by atoms with Crippen molar-refractivity contribution in [2.24, 2.45) is 10.9 Å². The topological polar surface area (TPSA) is 136 Å². The first-order chi connectivity index (χ1) is 18.5. The highest BCUT2D eigenvalue weighted by atomic mass is 32.2. The minimum absolute atomic E-state index is 0.110. The number of fused-ring (bicyclic) bond motifs is 3. The van der Waals surface area contributed by atoms with Gasteiger partial charge in [0, 0.05) is 21.7 Å². The van der Waals surface area contributed by atoms with E-state index >= 15 is 0 Å². The molecule has 0 fully saturated rings. The van der Waals surface area contributed by atoms with Gasteiger partial charge in [0.2, 0.25) is 0 Å². The van der Waals surface area contributed by atoms with E-state index in [4.69, 9.17) is 9.73 Å². The number of aromatic nitrogens is 3. The Kier molecular flexibility index (Phi) is 6.77. The molecule has 0 spiro atoms. The molecule has 202 valence electrons. The van der Waals surface area contributed by atoms with Crippen LogP contribution in [0.3, 0.4) is 0 Å². The summed E-state index contributed by atoms with van der Waals surface area (Å²) in [6.07, 6.45) is 0. The van der Waals surface area contributed by atoms with Crippen molar-refractivity contribution in [2.75, 3.05) is 11.8 Å². The van der Waals surface area contributed by atoms with E-state index in [2.05, 4.69) is 14.9 Å². The molecule has 2 atom stereocenters. The van der Waals surface area contributed by atoms with Crippen LogP contribution in [0.15, 0.2) is 58.4 Å². The molecule has 1 unspecified atom stereocenters. The van der Waals surface area contributed by atoms with Crippen LogP contribution in [0.5, 0.6) is 5.75 Å². The predicted molar refractivity (Wildman–Crippen MR) is 149 cm³/mol. The van der Waals surface area contributed by atoms with Gasteiger partial charge in [-0.25, -0.2) is 8.42 Å². The van der Waals surface area contributed by atoms with E-state index in [1.165, 1.54) is 19.2 Å². The largest absolute Gasteiger partial charge is 0.497 e. The fourth-order valence-corrected chi connectivity index (χ4v) is 6.75. The molecule has 0 amide bonds. The fraction of sp³-hybridized carbons (Fsp3) is 0.259. The van der Waals surface area contributed by atoms with Crippen LogP contribution >= 0.6 is 11.3 Å². The van der Waals surface area contributed by atoms with Gasteiger partial charge in [0.1, 0.15) is 22.6 Å². The quantitative estimate of drug-likeness (QED) is 0.332. The summed E-state index contributed by atoms with van der Waals surface area (Å²) < 4.78 is 35.4. The zero-order chi connectivity index (χ0) is 28.1. The van der Waals surface area contributed by atoms with E-state index in [1.807, 2.05) is 25.3 Å². The maximum Gasteiger partial charge on any atom is 0.308 e. The van der Waals surface area contributed by atoms with Crippen LogP contribution < -0.4 is 9.46 Å². The summed E-state index contributed by atoms with van der Waals surface area (Å²) in [5.41, 5.74) is 3.64. The number of methoxy groups -OCH3 is 1. The molecule has 4 aromatic rings. The Hall–Kier alpha value is -4.03. The van der Waals surface area contributed by atoms with Crippen LogP contribution in [0.2, 0.25) is 0 Å². The monoisotopic (exact) mass is 565 g/mol. The molecule has 0 saturated carbocycles. The molecular formula is C27H27N5O5S2. The summed E-state index contributed by atoms with van der Waals surface area (Å²) in [5, 5.41) is 19.3. The van der Waals surface area contributed by atoms with E-state index in [0.717, 1.165) is 26.6 Å². The second-order valence-electron chi connectivity index (χ2n) is 9.31. The van der Waals surface area contributed by atoms with E-state index in [-0.39, 0.29) is 4.90 Å². The van der Waals surface area contributed by atoms with Crippen molar-refractivity contribution in [3.8, 4) is 10.8 Å². The number of carboxylic acid groups (broad SMARTS) is 1. The Morgan fingerprint density at radius 1 is 1.08 bits per heavy atom. The number of sulfonamides is 1. The normalized spacial score (nSPS) is 15.5. The molecule has 0 radical (unpaired) electrons. The molecule has 2 N–H and O–H groups in total. The lowest BCUT2D eigenvalue weighted by Gasteiger charge is -2.16. The Balaban J connectivity index is 1.57. The van der Waals surface area contributed by atoms with Gasteiger partial charge in [0.25, 0.3) is 10.0 Å². The standard InChI is InChI=1S/C27H27N5O5S2/c1-14-16(3)38-26-22(14)24(28-23(15(2)27(33)34)25-30-29-17(4)32(25)26)18-6-8-19(9-7-18)31-39(35,36)21-12-10-20(37-5)11-13-21/h6-13,15,23,31H,1-5H3,(H,33,34)/t15-,23?/m0/s1. The lowest BCUT2D eigenvalue weighted by molar-refractivity contribution is -0.141. The molecule has 3 heterocycles. The highest BCUT2D eigenvalue weighted by Gasteiger charge is 2.36. The number of hydrogen-bond donors (Lipinski definition) is 2. The second-order valence-corrected chi connectivity index (χ2v) is 12.2. The summed E-state index contributed by atoms with van der Waals surface area (Å²) in [5.74, 6) is -0.159. The SMILES string of the molecule is COc1ccc(S(=O)(=O)Nc2ccc(C3=NC([C@H](C)C(=O)O)c4nnc(C)n4-c4sc(C)c(C)c43)cc2)cc1. The van der Waals surface area contributed by atoms with Gasteiger partial charge in [0.05, 0.1) is 23.6 Å². The van der Waals surface area contributed by atoms with Gasteiger partial charge in [0.15, 0.2) is 5.82 Å². The fourth-order valence-electron chi connectivity index (χ4n) is 4.48. The van der Waals surface area contributed by atoms with Crippen molar-refractivity contribution in [3.05, 3.63) is 81.7 Å². The number of ether oxygens (including phenoxy) is 1. The van der Waals surface area contributed by atoms with Gasteiger partial charge >= 0.3 is 5.97 Å². The predicted octanol–water partition coefficient (Wildman–Crippen LogP) is 4.68. The first kappa shape index (κ1) is 26.6. The number of carboxylic acids is 1. The number of hydrogen-bond acceptors (Lipinski definition) is 8. The number of carbonyl (C=O) groups is 1. The summed E-state index contributed by atoms with van der Waals surface area (Å²) in [6, 6.07) is 12.2. The van der Waals surface area contributed by atoms with Gasteiger partial charge in [-0.1, -0.05) is 12.1 Å². The van der Waals surface area contributed by atoms with E-state index in [0.29, 0.717) is 28.8 Å². The number of thiophene rings is 1. The lowest BCUT2D eigenvalue weighted by atomic mass is 9.98. The summed E-state index contributed by atoms with van der Waals surface area (Å²) in [6.45, 7) is 7.48. The first-order valence-electron chi connectivity index (χ1n) is 12.1. The van der Waals surface area contributed by atoms with Crippen molar-refractivity contribution in [2.45, 2.75) is 38.6 Å². The summed E-state index contributed by atoms with van der Waals surface area (Å²) >= 11 is 1.58. The van der Waals surface area contributed by atoms with Crippen molar-refractivity contribution in [1.82, 2.24) is 14.8 Å². The number of nitrogens with one attached hydrogen (secondary N) is 1. The molecule has 0 saturated heterocycles. The maximum atomic E-state index is 12.9. The van der Waals surface area contributed by atoms with Crippen LogP contribution in [0.25, 0.3) is 5.00 Å². The Morgan fingerprint density at radius 3 is 2.36 bits per heavy atom. The average molecular weight is 566 g/mol. The number of benzene rings is 2. The molecule has 39 heavy (non-hydrogen) atoms. The zero-order valence-electron chi connectivity index (χ0n) is 22.0. The van der Waals surface area contributed by atoms with Crippen molar-refractivity contribution in [1.29, 1.82) is 0 Å². The number of aliphatic carboxylic acids is 1. The Labute approximate surface area is 230 Å². The van der Waals surface area contributed by atoms with Crippen LogP contribution in [0, 0.1) is 26.7 Å². The molecule has 2 aromatic heterocycles. The van der Waals surface area contributed by atoms with Gasteiger partial charge in [-0.3, -0.25) is 19.1 Å². The molecule has 0 bridgehead atoms. The first-order valence-corrected chi connectivity index (χ1v) is 14.4. The molecule has 0 aliphatic carbocycles. The van der Waals surface area contributed by atoms with Crippen LogP contribution in [0.4, 0.5) is 5.69 Å². The second kappa shape index (κ2) is 9.93. The third-order valence-corrected chi connectivity index (χ3v) is 9.42. The third kappa shape index (κ3) is 4.70. The van der Waals surface area contributed by atoms with Crippen molar-refractivity contribution in [3.63, 3.8) is 0 Å². The van der Waals surface area contributed by atoms with E-state index < -0.39 is 28.0 Å². The van der Waals surface area contributed by atoms with E-state index in [1.54, 1.807) is 54.7 Å². The minimum Gasteiger partial charge on any atom is -0.497 e. The van der Waals surface area contributed by atoms with E-state index in [9.17, 15) is 18.3 Å². The van der Waals surface area contributed by atoms with Crippen LogP contribution in [-0.4, -0.2) is 47.1 Å². The van der Waals surface area contributed by atoms with Crippen molar-refractivity contribution < 1.29 is 23.1 Å². The molecule has 10 nitrogen and oxygen atoms in total. The van der Waals surface area contributed by atoms with Crippen LogP contribution in [0.1, 0.15) is 46.2 Å². The molecule has 5 rings (SSSR count). The molecule has 12 heteroatoms. The minimum atomic E-state index is -3.81. The zero-order valence-corrected chi connectivity index (χ0v) is 23.6. The lowest BCUT2D eigenvalue weighted by Crippen LogP contribution is -2.21. The average Bonchev–Trinajstić information content (AvgIpc) is 3.38. The van der Waals surface area contributed by atoms with Gasteiger partial charge in [-0.2, -0.15) is 0 Å². The van der Waals surface area contributed by atoms with Gasteiger partial charge < -0.3 is 9.84 Å². The highest BCUT2D eigenvalue weighted by molar-refractivity contribution is 7.92. The third-order valence-electron chi connectivity index (χ3n) is 6.83. The molecular weight excluding hydrogens is 538 g/mol. The molecule has 1 aliphatic rings. The van der Waals surface area contributed by atoms with Gasteiger partial charge in [-0.15, -0.1) is 21.5 Å². The highest BCUT2D eigenvalue weighted by Crippen LogP contribution is 2.40. The summed E-state index contributed by atoms with van der Waals surface area (Å²) in [4.78, 5) is 18.2. The van der Waals surface area contributed by atoms with Crippen LogP contribution in [-0.2, 0) is 14.8 Å². The summed E-state index contributed by atoms with van der Waals surface area (Å²) in [7, 11) is -2.30. The molecule has 1 aliphatic heterocycles. The smallest absolute Gasteiger partial charge is 0.308 e. The Morgan fingerprint density at radius 2 is 1.74 bits per heavy atom. The van der Waals surface area contributed by atoms with Crippen molar-refractivity contribution >= 4 is 38.7 Å². The van der Waals surface area contributed by atoms with Gasteiger partial charge in [-0.05, 0) is 69.7 Å². The number of aliphatic imine (C=N–C) groups is 1.